The topological polar surface area (TPSA) is 27.7 Å². The molecule has 0 rings (SSSR count). The van der Waals surface area contributed by atoms with Crippen molar-refractivity contribution in [1.29, 1.82) is 0 Å². The molecule has 0 aromatic rings. The molecule has 0 aliphatic carbocycles. The van der Waals surface area contributed by atoms with E-state index < -0.39 is 8.60 Å². The summed E-state index contributed by atoms with van der Waals surface area (Å²) in [5, 5.41) is 0. The molecule has 0 amide bonds. The molecular formula is C9H9Cl6O3P. The van der Waals surface area contributed by atoms with Crippen molar-refractivity contribution in [2.75, 3.05) is 0 Å². The van der Waals surface area contributed by atoms with Crippen molar-refractivity contribution in [2.24, 2.45) is 0 Å². The predicted molar refractivity (Wildman–Crippen MR) is 83.4 cm³/mol. The summed E-state index contributed by atoms with van der Waals surface area (Å²) in [6.45, 7) is 4.58. The second-order valence-corrected chi connectivity index (χ2v) is 6.79. The summed E-state index contributed by atoms with van der Waals surface area (Å²) in [7, 11) is -1.96. The average molecular weight is 409 g/mol. The number of hydrogen-bond donors (Lipinski definition) is 0. The van der Waals surface area contributed by atoms with E-state index in [1.54, 1.807) is 0 Å². The van der Waals surface area contributed by atoms with E-state index in [0.717, 1.165) is 0 Å². The highest BCUT2D eigenvalue weighted by Crippen LogP contribution is 2.48. The molecule has 0 saturated heterocycles. The molecule has 0 aromatic heterocycles. The van der Waals surface area contributed by atoms with E-state index in [2.05, 4.69) is 0 Å². The normalized spacial score (nSPS) is 9.79. The van der Waals surface area contributed by atoms with Gasteiger partial charge in [-0.15, -0.1) is 0 Å². The molecule has 0 fully saturated rings. The highest BCUT2D eigenvalue weighted by atomic mass is 35.5. The Morgan fingerprint density at radius 3 is 0.947 bits per heavy atom. The van der Waals surface area contributed by atoms with Gasteiger partial charge in [-0.1, -0.05) is 69.6 Å². The minimum absolute atomic E-state index is 0.0723. The predicted octanol–water partition coefficient (Wildman–Crippen LogP) is 7.26. The summed E-state index contributed by atoms with van der Waals surface area (Å²) in [5.74, 6) is 0.601. The van der Waals surface area contributed by atoms with Gasteiger partial charge in [0.05, 0.1) is 0 Å². The molecule has 19 heavy (non-hydrogen) atoms. The molecule has 0 aliphatic heterocycles. The van der Waals surface area contributed by atoms with Gasteiger partial charge in [-0.05, 0) is 20.8 Å². The summed E-state index contributed by atoms with van der Waals surface area (Å²) in [5.41, 5.74) is 0. The van der Waals surface area contributed by atoms with Crippen molar-refractivity contribution < 1.29 is 13.6 Å². The third-order valence-electron chi connectivity index (χ3n) is 1.43. The van der Waals surface area contributed by atoms with Crippen LogP contribution in [-0.4, -0.2) is 0 Å². The van der Waals surface area contributed by atoms with Gasteiger partial charge in [0.25, 0.3) is 0 Å². The lowest BCUT2D eigenvalue weighted by Gasteiger charge is -2.18. The third-order valence-corrected chi connectivity index (χ3v) is 4.30. The van der Waals surface area contributed by atoms with E-state index in [1.165, 1.54) is 20.8 Å². The number of hydrogen-bond acceptors (Lipinski definition) is 3. The Kier molecular flexibility index (Phi) is 10.1. The van der Waals surface area contributed by atoms with Gasteiger partial charge in [-0.2, -0.15) is 0 Å². The Hall–Kier alpha value is 0.790. The smallest absolute Gasteiger partial charge is 0.411 e. The van der Waals surface area contributed by atoms with Crippen molar-refractivity contribution in [2.45, 2.75) is 20.8 Å². The summed E-state index contributed by atoms with van der Waals surface area (Å²) < 4.78 is 15.6. The van der Waals surface area contributed by atoms with Gasteiger partial charge in [0.1, 0.15) is 30.8 Å². The van der Waals surface area contributed by atoms with Crippen LogP contribution in [-0.2, 0) is 13.6 Å². The molecule has 0 saturated carbocycles. The van der Waals surface area contributed by atoms with Crippen molar-refractivity contribution in [1.82, 2.24) is 0 Å². The number of allylic oxidation sites excluding steroid dienone is 3. The Morgan fingerprint density at radius 1 is 0.579 bits per heavy atom. The molecule has 0 radical (unpaired) electrons. The number of rotatable bonds is 6. The Balaban J connectivity index is 5.01. The molecule has 0 aromatic carbocycles. The number of halogens is 6. The van der Waals surface area contributed by atoms with Crippen molar-refractivity contribution in [3.05, 3.63) is 30.8 Å². The lowest BCUT2D eigenvalue weighted by Crippen LogP contribution is -1.94. The van der Waals surface area contributed by atoms with Crippen LogP contribution in [0.25, 0.3) is 0 Å². The molecule has 0 bridgehead atoms. The fraction of sp³-hybridized carbons (Fsp3) is 0.333. The third kappa shape index (κ3) is 8.62. The van der Waals surface area contributed by atoms with E-state index in [-0.39, 0.29) is 30.8 Å². The van der Waals surface area contributed by atoms with E-state index in [1.807, 2.05) is 0 Å². The molecule has 10 heteroatoms. The lowest BCUT2D eigenvalue weighted by atomic mass is 10.7. The zero-order valence-corrected chi connectivity index (χ0v) is 15.4. The monoisotopic (exact) mass is 406 g/mol. The molecule has 0 N–H and O–H groups in total. The van der Waals surface area contributed by atoms with E-state index in [0.29, 0.717) is 0 Å². The van der Waals surface area contributed by atoms with Gasteiger partial charge in [0.2, 0.25) is 0 Å². The average Bonchev–Trinajstić information content (AvgIpc) is 2.27. The van der Waals surface area contributed by atoms with Gasteiger partial charge in [0, 0.05) is 0 Å². The van der Waals surface area contributed by atoms with Crippen LogP contribution in [0, 0.1) is 0 Å². The zero-order valence-electron chi connectivity index (χ0n) is 9.94. The van der Waals surface area contributed by atoms with Crippen LogP contribution in [0.5, 0.6) is 0 Å². The summed E-state index contributed by atoms with van der Waals surface area (Å²) in [6, 6.07) is 0. The van der Waals surface area contributed by atoms with Gasteiger partial charge in [-0.25, -0.2) is 0 Å². The molecule has 3 nitrogen and oxygen atoms in total. The van der Waals surface area contributed by atoms with Crippen LogP contribution in [0.4, 0.5) is 0 Å². The largest absolute Gasteiger partial charge is 0.529 e. The molecule has 0 aliphatic rings. The first-order valence-electron chi connectivity index (χ1n) is 4.54. The van der Waals surface area contributed by atoms with Crippen molar-refractivity contribution in [3.8, 4) is 0 Å². The van der Waals surface area contributed by atoms with E-state index in [4.69, 9.17) is 83.2 Å². The standard InChI is InChI=1S/C9H9Cl6O3P/c1-4(7(10)11)16-19(17-5(2)8(12)13)18-6(3)9(14)15/h1-3H3. The van der Waals surface area contributed by atoms with Crippen LogP contribution in [0.2, 0.25) is 0 Å². The fourth-order valence-electron chi connectivity index (χ4n) is 0.495. The minimum Gasteiger partial charge on any atom is -0.411 e. The van der Waals surface area contributed by atoms with Gasteiger partial charge < -0.3 is 13.6 Å². The maximum absolute atomic E-state index is 5.56. The van der Waals surface area contributed by atoms with Crippen LogP contribution in [0.15, 0.2) is 30.8 Å². The SMILES string of the molecule is CC(OP(OC(C)=C(Cl)Cl)OC(C)=C(Cl)Cl)=C(Cl)Cl. The Bertz CT molecular complexity index is 346. The molecule has 0 unspecified atom stereocenters. The molecule has 0 heterocycles. The molecule has 0 spiro atoms. The van der Waals surface area contributed by atoms with E-state index >= 15 is 0 Å². The maximum atomic E-state index is 5.56. The highest BCUT2D eigenvalue weighted by Gasteiger charge is 2.22. The fourth-order valence-corrected chi connectivity index (χ4v) is 2.11. The molecule has 110 valence electrons. The van der Waals surface area contributed by atoms with Crippen LogP contribution in [0.3, 0.4) is 0 Å². The van der Waals surface area contributed by atoms with Crippen LogP contribution >= 0.6 is 78.2 Å². The van der Waals surface area contributed by atoms with Gasteiger partial charge in [-0.3, -0.25) is 0 Å². The molecular weight excluding hydrogens is 400 g/mol. The van der Waals surface area contributed by atoms with Crippen molar-refractivity contribution in [3.63, 3.8) is 0 Å². The minimum atomic E-state index is -1.96. The zero-order chi connectivity index (χ0) is 15.2. The van der Waals surface area contributed by atoms with Gasteiger partial charge >= 0.3 is 8.60 Å². The quantitative estimate of drug-likeness (QED) is 0.342. The van der Waals surface area contributed by atoms with E-state index in [9.17, 15) is 0 Å². The lowest BCUT2D eigenvalue weighted by molar-refractivity contribution is 0.258. The summed E-state index contributed by atoms with van der Waals surface area (Å²) >= 11 is 33.4. The second-order valence-electron chi connectivity index (χ2n) is 2.95. The first-order chi connectivity index (χ1) is 8.65. The first-order valence-corrected chi connectivity index (χ1v) is 7.91. The highest BCUT2D eigenvalue weighted by molar-refractivity contribution is 7.42. The summed E-state index contributed by atoms with van der Waals surface area (Å²) in [4.78, 5) is 0. The summed E-state index contributed by atoms with van der Waals surface area (Å²) in [6.07, 6.45) is 0. The van der Waals surface area contributed by atoms with Gasteiger partial charge in [0.15, 0.2) is 0 Å². The van der Waals surface area contributed by atoms with Crippen LogP contribution < -0.4 is 0 Å². The van der Waals surface area contributed by atoms with Crippen LogP contribution in [0.1, 0.15) is 20.8 Å². The first kappa shape index (κ1) is 19.8. The molecule has 0 atom stereocenters. The van der Waals surface area contributed by atoms with Crippen molar-refractivity contribution >= 4 is 78.2 Å². The maximum Gasteiger partial charge on any atom is 0.529 e. The second kappa shape index (κ2) is 9.68. The Labute approximate surface area is 143 Å². The Morgan fingerprint density at radius 2 is 0.789 bits per heavy atom.